The Morgan fingerprint density at radius 3 is 1.13 bits per heavy atom. The molecule has 0 fully saturated rings. The fourth-order valence-electron chi connectivity index (χ4n) is 17.4. The van der Waals surface area contributed by atoms with E-state index in [2.05, 4.69) is 262 Å². The Labute approximate surface area is 605 Å². The summed E-state index contributed by atoms with van der Waals surface area (Å²) in [5.74, 6) is 1.37. The van der Waals surface area contributed by atoms with E-state index in [0.717, 1.165) is 67.5 Å². The smallest absolute Gasteiger partial charge is 0.423 e. The number of halogens is 1. The highest BCUT2D eigenvalue weighted by atomic mass is 35.5. The molecule has 2 spiro atoms. The first-order valence-corrected chi connectivity index (χ1v) is 35.5. The van der Waals surface area contributed by atoms with Gasteiger partial charge in [-0.25, -0.2) is 19.9 Å². The Balaban J connectivity index is 0.000000115. The lowest BCUT2D eigenvalue weighted by Crippen LogP contribution is -2.36. The zero-order chi connectivity index (χ0) is 69.2. The molecule has 2 aliphatic carbocycles. The second-order valence-electron chi connectivity index (χ2n) is 27.0. The van der Waals surface area contributed by atoms with Gasteiger partial charge in [0.1, 0.15) is 5.15 Å². The summed E-state index contributed by atoms with van der Waals surface area (Å²) in [5, 5.41) is 25.7. The monoisotopic (exact) mass is 1350 g/mol. The topological polar surface area (TPSA) is 102 Å². The highest BCUT2D eigenvalue weighted by Crippen LogP contribution is 2.63. The van der Waals surface area contributed by atoms with Gasteiger partial charge >= 0.3 is 7.12 Å². The van der Waals surface area contributed by atoms with Crippen molar-refractivity contribution in [3.8, 4) is 90.2 Å². The van der Waals surface area contributed by atoms with E-state index >= 15 is 0 Å². The average Bonchev–Trinajstić information content (AvgIpc) is 1.49. The van der Waals surface area contributed by atoms with Gasteiger partial charge in [0.2, 0.25) is 0 Å². The molecule has 104 heavy (non-hydrogen) atoms. The van der Waals surface area contributed by atoms with Crippen molar-refractivity contribution in [1.82, 2.24) is 29.1 Å². The summed E-state index contributed by atoms with van der Waals surface area (Å²) in [6.45, 7) is 0. The van der Waals surface area contributed by atoms with Crippen LogP contribution in [-0.2, 0) is 10.8 Å². The minimum Gasteiger partial charge on any atom is -0.423 e. The highest BCUT2D eigenvalue weighted by Gasteiger charge is 2.53. The van der Waals surface area contributed by atoms with Crippen molar-refractivity contribution in [3.05, 3.63) is 402 Å². The molecule has 0 saturated heterocycles. The minimum absolute atomic E-state index is 0.452. The Hall–Kier alpha value is -12.9. The molecule has 2 unspecified atom stereocenters. The van der Waals surface area contributed by atoms with Crippen LogP contribution >= 0.6 is 11.6 Å². The first-order valence-electron chi connectivity index (χ1n) is 35.1. The number of hydrogen-bond donors (Lipinski definition) is 2. The molecule has 2 atom stereocenters. The number of aromatic nitrogens is 6. The molecular weight excluding hydrogens is 1290 g/mol. The normalized spacial score (nSPS) is 15.0. The van der Waals surface area contributed by atoms with Gasteiger partial charge in [0.25, 0.3) is 0 Å². The number of para-hydroxylation sites is 6. The van der Waals surface area contributed by atoms with Gasteiger partial charge in [0.05, 0.1) is 61.4 Å². The molecule has 2 N–H and O–H groups in total. The Bertz CT molecular complexity index is 6380. The molecule has 0 amide bonds. The summed E-state index contributed by atoms with van der Waals surface area (Å²) in [6.07, 6.45) is 0. The first-order chi connectivity index (χ1) is 51.3. The lowest BCUT2D eigenvalue weighted by atomic mass is 9.64. The van der Waals surface area contributed by atoms with Crippen molar-refractivity contribution >= 4 is 67.8 Å². The fourth-order valence-corrected chi connectivity index (χ4v) is 17.6. The van der Waals surface area contributed by atoms with Crippen LogP contribution in [-0.4, -0.2) is 46.2 Å². The second kappa shape index (κ2) is 24.2. The highest BCUT2D eigenvalue weighted by molar-refractivity contribution is 6.58. The Morgan fingerprint density at radius 1 is 0.269 bits per heavy atom. The summed E-state index contributed by atoms with van der Waals surface area (Å²) in [7, 11) is -1.53. The van der Waals surface area contributed by atoms with Crippen molar-refractivity contribution in [1.29, 1.82) is 0 Å². The third-order valence-corrected chi connectivity index (χ3v) is 21.8. The zero-order valence-corrected chi connectivity index (χ0v) is 56.8. The van der Waals surface area contributed by atoms with E-state index in [0.29, 0.717) is 16.4 Å². The standard InChI is InChI=1S/C47H29N3.C31H20BNO2.C16H11ClN2/c1-3-14-30(15-4-1)41-29-42(49-46(48-41)31-16-5-2-6-17-31)32-26-27-34-33-18-7-9-21-37(33)47(40(34)28-32)38-22-10-12-25-44(38)50-43-24-11-8-19-35(43)36-20-13-23-39(47)45(36)50;34-32(35)19-16-17-21-20-8-1-3-11-24(20)31(27(21)18-19)25-12-4-6-15-29(25)33-28-14-5-2-9-22(28)23-10-7-13-26(31)30(23)33;17-15-11-14(12-7-3-1-4-8-12)18-16(19-15)13-9-5-2-6-10-13/h1-29H;1-18,34-35H;1-11H. The quantitative estimate of drug-likeness (QED) is 0.127. The number of fused-ring (bicyclic) bond motifs is 24. The zero-order valence-electron chi connectivity index (χ0n) is 56.0. The van der Waals surface area contributed by atoms with Crippen molar-refractivity contribution in [2.75, 3.05) is 0 Å². The molecule has 0 saturated carbocycles. The Kier molecular flexibility index (Phi) is 14.2. The molecule has 14 aromatic carbocycles. The summed E-state index contributed by atoms with van der Waals surface area (Å²) >= 11 is 6.10. The van der Waals surface area contributed by atoms with Crippen LogP contribution in [0.25, 0.3) is 134 Å². The van der Waals surface area contributed by atoms with E-state index in [-0.39, 0.29) is 0 Å². The van der Waals surface area contributed by atoms with Gasteiger partial charge in [0.15, 0.2) is 11.6 Å². The van der Waals surface area contributed by atoms with Gasteiger partial charge in [0, 0.05) is 55.4 Å². The molecule has 0 bridgehead atoms. The lowest BCUT2D eigenvalue weighted by molar-refractivity contribution is 0.425. The lowest BCUT2D eigenvalue weighted by Gasteiger charge is -2.39. The van der Waals surface area contributed by atoms with Crippen molar-refractivity contribution in [3.63, 3.8) is 0 Å². The van der Waals surface area contributed by atoms with Crippen LogP contribution in [0.3, 0.4) is 0 Å². The van der Waals surface area contributed by atoms with Crippen molar-refractivity contribution in [2.24, 2.45) is 0 Å². The number of nitrogens with zero attached hydrogens (tertiary/aromatic N) is 6. The van der Waals surface area contributed by atoms with Crippen molar-refractivity contribution in [2.45, 2.75) is 10.8 Å². The molecule has 488 valence electrons. The predicted molar refractivity (Wildman–Crippen MR) is 423 cm³/mol. The van der Waals surface area contributed by atoms with Gasteiger partial charge < -0.3 is 19.2 Å². The van der Waals surface area contributed by atoms with Gasteiger partial charge in [-0.15, -0.1) is 0 Å². The molecule has 10 heteroatoms. The molecule has 6 heterocycles. The maximum Gasteiger partial charge on any atom is 0.488 e. The molecule has 22 rings (SSSR count). The molecule has 4 aromatic heterocycles. The maximum atomic E-state index is 10.1. The molecule has 0 radical (unpaired) electrons. The molecule has 8 nitrogen and oxygen atoms in total. The third-order valence-electron chi connectivity index (χ3n) is 21.6. The largest absolute Gasteiger partial charge is 0.488 e. The van der Waals surface area contributed by atoms with E-state index in [1.165, 1.54) is 105 Å². The van der Waals surface area contributed by atoms with Gasteiger partial charge in [-0.05, 0) is 109 Å². The SMILES string of the molecule is Clc1cc(-c2ccccc2)nc(-c2ccccc2)n1.OB(O)c1ccc2c(c1)C1(c3ccccc3-2)c2ccccc2-n2c3ccccc3c3cccc1c32.c1ccc(-c2cc(-c3ccc4c(c3)C3(c5ccccc5-4)c4ccccc4-n4c5ccccc5c5cccc3c54)nc(-c3ccccc3)n2)cc1. The van der Waals surface area contributed by atoms with Crippen LogP contribution in [0.1, 0.15) is 44.5 Å². The average molecular weight is 1350 g/mol. The summed E-state index contributed by atoms with van der Waals surface area (Å²) in [5.41, 5.74) is 29.4. The number of rotatable bonds is 6. The van der Waals surface area contributed by atoms with E-state index in [4.69, 9.17) is 21.6 Å². The third kappa shape index (κ3) is 9.14. The fraction of sp³-hybridized carbons (Fsp3) is 0.0213. The molecule has 4 aliphatic rings. The summed E-state index contributed by atoms with van der Waals surface area (Å²) < 4.78 is 4.90. The van der Waals surface area contributed by atoms with E-state index in [1.54, 1.807) is 6.07 Å². The van der Waals surface area contributed by atoms with Gasteiger partial charge in [-0.3, -0.25) is 0 Å². The predicted octanol–water partition coefficient (Wildman–Crippen LogP) is 20.9. The molecular formula is C94H60BClN6O2. The van der Waals surface area contributed by atoms with Crippen LogP contribution < -0.4 is 5.46 Å². The van der Waals surface area contributed by atoms with Crippen LogP contribution in [0.15, 0.2) is 352 Å². The van der Waals surface area contributed by atoms with E-state index < -0.39 is 17.9 Å². The molecule has 18 aromatic rings. The van der Waals surface area contributed by atoms with E-state index in [9.17, 15) is 10.0 Å². The van der Waals surface area contributed by atoms with Gasteiger partial charge in [-0.2, -0.15) is 0 Å². The minimum atomic E-state index is -1.53. The number of benzene rings is 14. The summed E-state index contributed by atoms with van der Waals surface area (Å²) in [6, 6.07) is 124. The van der Waals surface area contributed by atoms with Crippen molar-refractivity contribution < 1.29 is 10.0 Å². The first kappa shape index (κ1) is 61.0. The Morgan fingerprint density at radius 2 is 0.635 bits per heavy atom. The summed E-state index contributed by atoms with van der Waals surface area (Å²) in [4.78, 5) is 19.2. The van der Waals surface area contributed by atoms with Gasteiger partial charge in [-0.1, -0.05) is 321 Å². The van der Waals surface area contributed by atoms with E-state index in [1.807, 2.05) is 103 Å². The number of hydrogen-bond acceptors (Lipinski definition) is 6. The second-order valence-corrected chi connectivity index (χ2v) is 27.4. The van der Waals surface area contributed by atoms with Crippen LogP contribution in [0.5, 0.6) is 0 Å². The molecule has 2 aliphatic heterocycles. The van der Waals surface area contributed by atoms with Crippen LogP contribution in [0.4, 0.5) is 0 Å². The van der Waals surface area contributed by atoms with Crippen LogP contribution in [0, 0.1) is 0 Å². The van der Waals surface area contributed by atoms with Crippen LogP contribution in [0.2, 0.25) is 5.15 Å². The maximum absolute atomic E-state index is 10.1.